The molecule has 0 N–H and O–H groups in total. The van der Waals surface area contributed by atoms with E-state index in [-0.39, 0.29) is 11.7 Å². The molecule has 68 valence electrons. The summed E-state index contributed by atoms with van der Waals surface area (Å²) < 4.78 is 32.4. The Morgan fingerprint density at radius 1 is 1.27 bits per heavy atom. The first-order chi connectivity index (χ1) is 4.81. The summed E-state index contributed by atoms with van der Waals surface area (Å²) in [4.78, 5) is 0. The van der Waals surface area contributed by atoms with E-state index in [0.29, 0.717) is 5.92 Å². The normalized spacial score (nSPS) is 15.4. The molecule has 0 heterocycles. The summed E-state index contributed by atoms with van der Waals surface area (Å²) in [6.07, 6.45) is 0.753. The molecule has 0 fully saturated rings. The fourth-order valence-corrected chi connectivity index (χ4v) is 2.03. The van der Waals surface area contributed by atoms with Gasteiger partial charge in [0.25, 0.3) is 0 Å². The SMILES string of the molecule is CC(C)CC(C)CS(=O)(=O)F. The minimum atomic E-state index is -4.27. The topological polar surface area (TPSA) is 34.1 Å². The lowest BCUT2D eigenvalue weighted by atomic mass is 10.0. The van der Waals surface area contributed by atoms with Crippen molar-refractivity contribution in [3.05, 3.63) is 0 Å². The molecule has 0 aromatic rings. The van der Waals surface area contributed by atoms with E-state index in [4.69, 9.17) is 0 Å². The summed E-state index contributed by atoms with van der Waals surface area (Å²) in [5.41, 5.74) is 0. The van der Waals surface area contributed by atoms with Crippen molar-refractivity contribution in [3.8, 4) is 0 Å². The van der Waals surface area contributed by atoms with Crippen molar-refractivity contribution in [1.29, 1.82) is 0 Å². The van der Waals surface area contributed by atoms with Crippen LogP contribution in [0.5, 0.6) is 0 Å². The summed E-state index contributed by atoms with van der Waals surface area (Å²) in [6, 6.07) is 0. The van der Waals surface area contributed by atoms with Crippen molar-refractivity contribution in [2.45, 2.75) is 27.2 Å². The lowest BCUT2D eigenvalue weighted by Crippen LogP contribution is -2.11. The molecule has 0 bridgehead atoms. The van der Waals surface area contributed by atoms with Gasteiger partial charge >= 0.3 is 10.2 Å². The van der Waals surface area contributed by atoms with Crippen LogP contribution >= 0.6 is 0 Å². The maximum absolute atomic E-state index is 12.1. The first-order valence-corrected chi connectivity index (χ1v) is 5.29. The Labute approximate surface area is 68.0 Å². The van der Waals surface area contributed by atoms with E-state index in [1.54, 1.807) is 6.92 Å². The highest BCUT2D eigenvalue weighted by molar-refractivity contribution is 7.86. The van der Waals surface area contributed by atoms with Crippen molar-refractivity contribution in [2.24, 2.45) is 11.8 Å². The molecule has 0 amide bonds. The Kier molecular flexibility index (Phi) is 4.00. The van der Waals surface area contributed by atoms with Crippen LogP contribution in [-0.4, -0.2) is 14.2 Å². The summed E-state index contributed by atoms with van der Waals surface area (Å²) >= 11 is 0. The predicted octanol–water partition coefficient (Wildman–Crippen LogP) is 1.97. The monoisotopic (exact) mass is 182 g/mol. The molecule has 0 saturated carbocycles. The fourth-order valence-electron chi connectivity index (χ4n) is 1.21. The third-order valence-electron chi connectivity index (χ3n) is 1.36. The maximum Gasteiger partial charge on any atom is 0.302 e. The van der Waals surface area contributed by atoms with Gasteiger partial charge < -0.3 is 0 Å². The summed E-state index contributed by atoms with van der Waals surface area (Å²) in [6.45, 7) is 5.72. The highest BCUT2D eigenvalue weighted by Crippen LogP contribution is 2.13. The molecule has 0 aromatic heterocycles. The van der Waals surface area contributed by atoms with Crippen LogP contribution in [0.25, 0.3) is 0 Å². The molecule has 0 saturated heterocycles. The van der Waals surface area contributed by atoms with Crippen molar-refractivity contribution in [3.63, 3.8) is 0 Å². The molecule has 0 aliphatic carbocycles. The lowest BCUT2D eigenvalue weighted by molar-refractivity contribution is 0.457. The first kappa shape index (κ1) is 10.9. The minimum Gasteiger partial charge on any atom is -0.195 e. The predicted molar refractivity (Wildman–Crippen MR) is 43.5 cm³/mol. The molecule has 1 unspecified atom stereocenters. The van der Waals surface area contributed by atoms with Crippen molar-refractivity contribution in [2.75, 3.05) is 5.75 Å². The van der Waals surface area contributed by atoms with E-state index in [0.717, 1.165) is 6.42 Å². The zero-order valence-electron chi connectivity index (χ0n) is 7.17. The van der Waals surface area contributed by atoms with E-state index in [1.807, 2.05) is 13.8 Å². The van der Waals surface area contributed by atoms with Gasteiger partial charge in [-0.25, -0.2) is 0 Å². The van der Waals surface area contributed by atoms with Gasteiger partial charge in [0.2, 0.25) is 0 Å². The second kappa shape index (κ2) is 4.04. The number of halogens is 1. The van der Waals surface area contributed by atoms with Gasteiger partial charge in [-0.2, -0.15) is 8.42 Å². The van der Waals surface area contributed by atoms with Crippen molar-refractivity contribution < 1.29 is 12.3 Å². The zero-order chi connectivity index (χ0) is 9.07. The van der Waals surface area contributed by atoms with E-state index < -0.39 is 10.2 Å². The lowest BCUT2D eigenvalue weighted by Gasteiger charge is -2.10. The van der Waals surface area contributed by atoms with Crippen LogP contribution in [0.1, 0.15) is 27.2 Å². The van der Waals surface area contributed by atoms with Gasteiger partial charge in [0.15, 0.2) is 0 Å². The van der Waals surface area contributed by atoms with E-state index in [1.165, 1.54) is 0 Å². The molecule has 4 heteroatoms. The van der Waals surface area contributed by atoms with Gasteiger partial charge in [0, 0.05) is 0 Å². The zero-order valence-corrected chi connectivity index (χ0v) is 7.99. The summed E-state index contributed by atoms with van der Waals surface area (Å²) in [5, 5.41) is 0. The Bertz CT molecular complexity index is 196. The third-order valence-corrected chi connectivity index (χ3v) is 2.32. The van der Waals surface area contributed by atoms with Gasteiger partial charge in [0.05, 0.1) is 5.75 Å². The number of rotatable bonds is 4. The molecule has 0 radical (unpaired) electrons. The molecular formula is C7H15FO2S. The van der Waals surface area contributed by atoms with Crippen molar-refractivity contribution >= 4 is 10.2 Å². The average molecular weight is 182 g/mol. The number of hydrogen-bond acceptors (Lipinski definition) is 2. The molecule has 0 aromatic carbocycles. The highest BCUT2D eigenvalue weighted by Gasteiger charge is 2.14. The van der Waals surface area contributed by atoms with Gasteiger partial charge in [-0.05, 0) is 18.3 Å². The van der Waals surface area contributed by atoms with Gasteiger partial charge in [0.1, 0.15) is 0 Å². The Morgan fingerprint density at radius 2 is 1.73 bits per heavy atom. The molecule has 0 rings (SSSR count). The standard InChI is InChI=1S/C7H15FO2S/c1-6(2)4-7(3)5-11(8,9)10/h6-7H,4-5H2,1-3H3. The van der Waals surface area contributed by atoms with E-state index in [2.05, 4.69) is 0 Å². The van der Waals surface area contributed by atoms with E-state index >= 15 is 0 Å². The maximum atomic E-state index is 12.1. The van der Waals surface area contributed by atoms with Crippen LogP contribution < -0.4 is 0 Å². The van der Waals surface area contributed by atoms with E-state index in [9.17, 15) is 12.3 Å². The molecule has 0 spiro atoms. The Balaban J connectivity index is 3.80. The summed E-state index contributed by atoms with van der Waals surface area (Å²) in [7, 11) is -4.27. The molecule has 0 aliphatic heterocycles. The quantitative estimate of drug-likeness (QED) is 0.623. The molecule has 1 atom stereocenters. The summed E-state index contributed by atoms with van der Waals surface area (Å²) in [5.74, 6) is 0.00213. The molecule has 11 heavy (non-hydrogen) atoms. The van der Waals surface area contributed by atoms with Gasteiger partial charge in [-0.15, -0.1) is 3.89 Å². The third kappa shape index (κ3) is 7.78. The minimum absolute atomic E-state index is 0.0787. The smallest absolute Gasteiger partial charge is 0.195 e. The van der Waals surface area contributed by atoms with Crippen molar-refractivity contribution in [1.82, 2.24) is 0 Å². The first-order valence-electron chi connectivity index (χ1n) is 3.73. The average Bonchev–Trinajstić information content (AvgIpc) is 1.53. The van der Waals surface area contributed by atoms with Crippen LogP contribution in [0.4, 0.5) is 3.89 Å². The van der Waals surface area contributed by atoms with Crippen LogP contribution in [0.3, 0.4) is 0 Å². The van der Waals surface area contributed by atoms with Crippen LogP contribution in [0.2, 0.25) is 0 Å². The highest BCUT2D eigenvalue weighted by atomic mass is 32.3. The van der Waals surface area contributed by atoms with Crippen LogP contribution in [0.15, 0.2) is 0 Å². The molecule has 2 nitrogen and oxygen atoms in total. The second-order valence-corrected chi connectivity index (χ2v) is 4.85. The van der Waals surface area contributed by atoms with Gasteiger partial charge in [-0.1, -0.05) is 20.8 Å². The Hall–Kier alpha value is -0.120. The van der Waals surface area contributed by atoms with Gasteiger partial charge in [-0.3, -0.25) is 0 Å². The van der Waals surface area contributed by atoms with Crippen LogP contribution in [-0.2, 0) is 10.2 Å². The van der Waals surface area contributed by atoms with Crippen LogP contribution in [0, 0.1) is 11.8 Å². The largest absolute Gasteiger partial charge is 0.302 e. The fraction of sp³-hybridized carbons (Fsp3) is 1.00. The second-order valence-electron chi connectivity index (χ2n) is 3.44. The Morgan fingerprint density at radius 3 is 2.00 bits per heavy atom. The number of hydrogen-bond donors (Lipinski definition) is 0. The molecular weight excluding hydrogens is 167 g/mol. The molecule has 0 aliphatic rings.